The van der Waals surface area contributed by atoms with Gasteiger partial charge in [0.15, 0.2) is 6.29 Å². The van der Waals surface area contributed by atoms with E-state index in [0.29, 0.717) is 18.5 Å². The molecule has 2 saturated heterocycles. The molecule has 0 unspecified atom stereocenters. The maximum atomic E-state index is 12.3. The zero-order valence-electron chi connectivity index (χ0n) is 21.4. The van der Waals surface area contributed by atoms with E-state index < -0.39 is 6.29 Å². The molecule has 2 aliphatic rings. The summed E-state index contributed by atoms with van der Waals surface area (Å²) >= 11 is 0. The van der Waals surface area contributed by atoms with E-state index in [0.717, 1.165) is 48.2 Å². The molecule has 3 heterocycles. The first kappa shape index (κ1) is 26.5. The Morgan fingerprint density at radius 3 is 2.47 bits per heavy atom. The lowest BCUT2D eigenvalue weighted by Gasteiger charge is -2.38. The predicted molar refractivity (Wildman–Crippen MR) is 142 cm³/mol. The number of amides is 1. The SMILES string of the molecule is O=C(NCc1ccc([C@@H]2O[C@H](CN3CCC[C@H]3CO)C[C@H](c3ccc(CO)cc3)O2)cc1)c1cccnc1. The Morgan fingerprint density at radius 2 is 1.76 bits per heavy atom. The number of aliphatic hydroxyl groups excluding tert-OH is 2. The van der Waals surface area contributed by atoms with Crippen molar-refractivity contribution in [3.8, 4) is 0 Å². The first-order valence-electron chi connectivity index (χ1n) is 13.3. The van der Waals surface area contributed by atoms with Crippen molar-refractivity contribution >= 4 is 5.91 Å². The molecule has 38 heavy (non-hydrogen) atoms. The molecule has 0 radical (unpaired) electrons. The smallest absolute Gasteiger partial charge is 0.253 e. The summed E-state index contributed by atoms with van der Waals surface area (Å²) in [7, 11) is 0. The van der Waals surface area contributed by atoms with Crippen molar-refractivity contribution < 1.29 is 24.5 Å². The Kier molecular flexibility index (Phi) is 8.78. The summed E-state index contributed by atoms with van der Waals surface area (Å²) in [6.07, 6.45) is 5.25. The lowest BCUT2D eigenvalue weighted by Crippen LogP contribution is -2.42. The third-order valence-corrected chi connectivity index (χ3v) is 7.39. The van der Waals surface area contributed by atoms with Crippen LogP contribution in [0.5, 0.6) is 0 Å². The molecule has 3 N–H and O–H groups in total. The summed E-state index contributed by atoms with van der Waals surface area (Å²) in [5, 5.41) is 22.1. The number of likely N-dealkylation sites (tertiary alicyclic amines) is 1. The van der Waals surface area contributed by atoms with Gasteiger partial charge in [0.2, 0.25) is 0 Å². The summed E-state index contributed by atoms with van der Waals surface area (Å²) in [5.41, 5.74) is 4.32. The zero-order chi connectivity index (χ0) is 26.3. The van der Waals surface area contributed by atoms with Gasteiger partial charge in [0.05, 0.1) is 31.0 Å². The molecule has 2 aromatic carbocycles. The molecule has 0 spiro atoms. The first-order chi connectivity index (χ1) is 18.6. The highest BCUT2D eigenvalue weighted by Crippen LogP contribution is 2.38. The van der Waals surface area contributed by atoms with Crippen LogP contribution in [0.25, 0.3) is 0 Å². The lowest BCUT2D eigenvalue weighted by atomic mass is 9.99. The number of ether oxygens (including phenoxy) is 2. The van der Waals surface area contributed by atoms with E-state index in [1.165, 1.54) is 0 Å². The molecule has 2 fully saturated rings. The topological polar surface area (TPSA) is 104 Å². The highest BCUT2D eigenvalue weighted by molar-refractivity contribution is 5.93. The van der Waals surface area contributed by atoms with Crippen LogP contribution < -0.4 is 5.32 Å². The van der Waals surface area contributed by atoms with Crippen molar-refractivity contribution in [1.29, 1.82) is 0 Å². The van der Waals surface area contributed by atoms with Crippen molar-refractivity contribution in [3.05, 3.63) is 101 Å². The maximum Gasteiger partial charge on any atom is 0.253 e. The van der Waals surface area contributed by atoms with Gasteiger partial charge >= 0.3 is 0 Å². The fraction of sp³-hybridized carbons (Fsp3) is 0.400. The molecule has 0 saturated carbocycles. The number of hydrogen-bond donors (Lipinski definition) is 3. The maximum absolute atomic E-state index is 12.3. The van der Waals surface area contributed by atoms with E-state index in [1.807, 2.05) is 48.5 Å². The number of pyridine rings is 1. The number of aromatic nitrogens is 1. The number of nitrogens with one attached hydrogen (secondary N) is 1. The van der Waals surface area contributed by atoms with Gasteiger partial charge in [-0.15, -0.1) is 0 Å². The highest BCUT2D eigenvalue weighted by Gasteiger charge is 2.35. The first-order valence-corrected chi connectivity index (χ1v) is 13.3. The number of benzene rings is 2. The van der Waals surface area contributed by atoms with Gasteiger partial charge in [-0.25, -0.2) is 0 Å². The van der Waals surface area contributed by atoms with Crippen molar-refractivity contribution in [3.63, 3.8) is 0 Å². The second-order valence-corrected chi connectivity index (χ2v) is 9.99. The number of rotatable bonds is 9. The summed E-state index contributed by atoms with van der Waals surface area (Å²) < 4.78 is 12.9. The average Bonchev–Trinajstić information content (AvgIpc) is 3.43. The van der Waals surface area contributed by atoms with E-state index in [1.54, 1.807) is 24.5 Å². The Labute approximate surface area is 223 Å². The Bertz CT molecular complexity index is 1170. The van der Waals surface area contributed by atoms with Crippen LogP contribution >= 0.6 is 0 Å². The Hall–Kier alpha value is -3.14. The highest BCUT2D eigenvalue weighted by atomic mass is 16.7. The normalized spacial score (nSPS) is 23.8. The number of carbonyl (C=O) groups is 1. The van der Waals surface area contributed by atoms with Gasteiger partial charge in [0, 0.05) is 43.5 Å². The van der Waals surface area contributed by atoms with Crippen LogP contribution in [0.3, 0.4) is 0 Å². The summed E-state index contributed by atoms with van der Waals surface area (Å²) in [6, 6.07) is 19.4. The van der Waals surface area contributed by atoms with Crippen LogP contribution in [0.15, 0.2) is 73.1 Å². The zero-order valence-corrected chi connectivity index (χ0v) is 21.4. The quantitative estimate of drug-likeness (QED) is 0.399. The molecular weight excluding hydrogens is 482 g/mol. The van der Waals surface area contributed by atoms with E-state index in [2.05, 4.69) is 15.2 Å². The Balaban J connectivity index is 1.28. The fourth-order valence-corrected chi connectivity index (χ4v) is 5.21. The van der Waals surface area contributed by atoms with E-state index in [-0.39, 0.29) is 37.4 Å². The second kappa shape index (κ2) is 12.6. The molecule has 4 atom stereocenters. The van der Waals surface area contributed by atoms with Gasteiger partial charge < -0.3 is 25.0 Å². The van der Waals surface area contributed by atoms with Crippen LogP contribution in [-0.2, 0) is 22.6 Å². The molecule has 0 bridgehead atoms. The lowest BCUT2D eigenvalue weighted by molar-refractivity contribution is -0.253. The van der Waals surface area contributed by atoms with E-state index >= 15 is 0 Å². The van der Waals surface area contributed by atoms with E-state index in [4.69, 9.17) is 9.47 Å². The number of aliphatic hydroxyl groups is 2. The van der Waals surface area contributed by atoms with Crippen molar-refractivity contribution in [2.45, 2.75) is 57.0 Å². The number of nitrogens with zero attached hydrogens (tertiary/aromatic N) is 2. The Morgan fingerprint density at radius 1 is 1.00 bits per heavy atom. The molecule has 2 aliphatic heterocycles. The molecule has 8 heteroatoms. The summed E-state index contributed by atoms with van der Waals surface area (Å²) in [6.45, 7) is 2.28. The van der Waals surface area contributed by atoms with Crippen LogP contribution in [-0.4, -0.2) is 57.8 Å². The molecule has 1 aromatic heterocycles. The molecule has 3 aromatic rings. The number of hydrogen-bond acceptors (Lipinski definition) is 7. The fourth-order valence-electron chi connectivity index (χ4n) is 5.21. The minimum Gasteiger partial charge on any atom is -0.395 e. The molecule has 200 valence electrons. The van der Waals surface area contributed by atoms with Crippen LogP contribution in [0.4, 0.5) is 0 Å². The van der Waals surface area contributed by atoms with Crippen LogP contribution in [0.1, 0.15) is 64.3 Å². The molecule has 5 rings (SSSR count). The van der Waals surface area contributed by atoms with Crippen molar-refractivity contribution in [2.24, 2.45) is 0 Å². The second-order valence-electron chi connectivity index (χ2n) is 9.99. The third kappa shape index (κ3) is 6.46. The third-order valence-electron chi connectivity index (χ3n) is 7.39. The van der Waals surface area contributed by atoms with Gasteiger partial charge in [-0.1, -0.05) is 48.5 Å². The summed E-state index contributed by atoms with van der Waals surface area (Å²) in [5.74, 6) is -0.165. The van der Waals surface area contributed by atoms with Crippen molar-refractivity contribution in [1.82, 2.24) is 15.2 Å². The molecular formula is C30H35N3O5. The largest absolute Gasteiger partial charge is 0.395 e. The van der Waals surface area contributed by atoms with Gasteiger partial charge in [-0.3, -0.25) is 14.7 Å². The van der Waals surface area contributed by atoms with Gasteiger partial charge in [-0.2, -0.15) is 0 Å². The van der Waals surface area contributed by atoms with E-state index in [9.17, 15) is 15.0 Å². The van der Waals surface area contributed by atoms with Gasteiger partial charge in [0.1, 0.15) is 0 Å². The minimum absolute atomic E-state index is 0.00666. The van der Waals surface area contributed by atoms with Crippen molar-refractivity contribution in [2.75, 3.05) is 19.7 Å². The van der Waals surface area contributed by atoms with Gasteiger partial charge in [0.25, 0.3) is 5.91 Å². The van der Waals surface area contributed by atoms with Gasteiger partial charge in [-0.05, 0) is 48.2 Å². The number of carbonyl (C=O) groups excluding carboxylic acids is 1. The van der Waals surface area contributed by atoms with Crippen LogP contribution in [0, 0.1) is 0 Å². The molecule has 0 aliphatic carbocycles. The molecule has 8 nitrogen and oxygen atoms in total. The minimum atomic E-state index is -0.537. The van der Waals surface area contributed by atoms with Crippen LogP contribution in [0.2, 0.25) is 0 Å². The predicted octanol–water partition coefficient (Wildman–Crippen LogP) is 3.51. The monoisotopic (exact) mass is 517 g/mol. The average molecular weight is 518 g/mol. The summed E-state index contributed by atoms with van der Waals surface area (Å²) in [4.78, 5) is 18.7. The standard InChI is InChI=1S/C30H35N3O5/c34-19-22-7-9-23(10-8-22)28-15-27(18-33-14-2-4-26(33)20-35)37-30(38-28)24-11-5-21(6-12-24)16-32-29(36)25-3-1-13-31-17-25/h1,3,5-13,17,26-28,30,34-35H,2,4,14-16,18-20H2,(H,32,36)/t26-,27-,28+,30+/m0/s1. The molecule has 1 amide bonds.